The number of carbonyl (C=O) groups is 1. The molecule has 20 heavy (non-hydrogen) atoms. The SMILES string of the molecule is Cc1ccc(OC(=O)CCn2cc(Br)ccc2=O)cn1. The second-order valence-electron chi connectivity index (χ2n) is 4.24. The van der Waals surface area contributed by atoms with Gasteiger partial charge in [-0.15, -0.1) is 0 Å². The maximum absolute atomic E-state index is 11.7. The molecule has 0 aliphatic carbocycles. The molecule has 0 N–H and O–H groups in total. The van der Waals surface area contributed by atoms with E-state index in [1.165, 1.54) is 16.8 Å². The molecule has 5 nitrogen and oxygen atoms in total. The van der Waals surface area contributed by atoms with Crippen molar-refractivity contribution >= 4 is 21.9 Å². The van der Waals surface area contributed by atoms with Gasteiger partial charge in [0, 0.05) is 29.0 Å². The fourth-order valence-corrected chi connectivity index (χ4v) is 1.97. The summed E-state index contributed by atoms with van der Waals surface area (Å²) in [7, 11) is 0. The first kappa shape index (κ1) is 14.5. The minimum Gasteiger partial charge on any atom is -0.425 e. The normalized spacial score (nSPS) is 10.3. The Morgan fingerprint density at radius 1 is 1.35 bits per heavy atom. The lowest BCUT2D eigenvalue weighted by Gasteiger charge is -2.06. The molecule has 2 rings (SSSR count). The summed E-state index contributed by atoms with van der Waals surface area (Å²) in [6.45, 7) is 2.13. The highest BCUT2D eigenvalue weighted by Gasteiger charge is 2.06. The summed E-state index contributed by atoms with van der Waals surface area (Å²) in [6.07, 6.45) is 3.26. The number of pyridine rings is 2. The molecule has 0 fully saturated rings. The van der Waals surface area contributed by atoms with Gasteiger partial charge in [-0.2, -0.15) is 0 Å². The third-order valence-corrected chi connectivity index (χ3v) is 3.09. The lowest BCUT2D eigenvalue weighted by Crippen LogP contribution is -2.21. The molecule has 0 saturated carbocycles. The summed E-state index contributed by atoms with van der Waals surface area (Å²) >= 11 is 3.28. The van der Waals surface area contributed by atoms with Crippen molar-refractivity contribution in [1.29, 1.82) is 0 Å². The van der Waals surface area contributed by atoms with Gasteiger partial charge in [0.1, 0.15) is 5.75 Å². The summed E-state index contributed by atoms with van der Waals surface area (Å²) < 4.78 is 7.38. The zero-order chi connectivity index (χ0) is 14.5. The van der Waals surface area contributed by atoms with Crippen molar-refractivity contribution in [2.24, 2.45) is 0 Å². The van der Waals surface area contributed by atoms with Crippen LogP contribution in [0.3, 0.4) is 0 Å². The average Bonchev–Trinajstić information content (AvgIpc) is 2.42. The molecule has 0 spiro atoms. The van der Waals surface area contributed by atoms with Crippen LogP contribution in [0.15, 0.2) is 45.9 Å². The number of carbonyl (C=O) groups excluding carboxylic acids is 1. The number of rotatable bonds is 4. The van der Waals surface area contributed by atoms with Crippen molar-refractivity contribution in [2.45, 2.75) is 19.9 Å². The quantitative estimate of drug-likeness (QED) is 0.804. The molecule has 6 heteroatoms. The van der Waals surface area contributed by atoms with Gasteiger partial charge in [-0.05, 0) is 41.1 Å². The predicted molar refractivity (Wildman–Crippen MR) is 77.6 cm³/mol. The van der Waals surface area contributed by atoms with Crippen molar-refractivity contribution in [1.82, 2.24) is 9.55 Å². The summed E-state index contributed by atoms with van der Waals surface area (Å²) in [5.41, 5.74) is 0.698. The van der Waals surface area contributed by atoms with E-state index in [-0.39, 0.29) is 18.5 Å². The minimum absolute atomic E-state index is 0.115. The molecule has 2 aromatic rings. The number of esters is 1. The number of hydrogen-bond acceptors (Lipinski definition) is 4. The molecule has 0 amide bonds. The standard InChI is InChI=1S/C14H13BrN2O3/c1-10-2-4-12(8-16-10)20-14(19)6-7-17-9-11(15)3-5-13(17)18/h2-5,8-9H,6-7H2,1H3. The van der Waals surface area contributed by atoms with Gasteiger partial charge in [-0.25, -0.2) is 0 Å². The van der Waals surface area contributed by atoms with Gasteiger partial charge in [0.25, 0.3) is 5.56 Å². The van der Waals surface area contributed by atoms with Crippen LogP contribution in [-0.4, -0.2) is 15.5 Å². The van der Waals surface area contributed by atoms with E-state index in [9.17, 15) is 9.59 Å². The molecular weight excluding hydrogens is 324 g/mol. The summed E-state index contributed by atoms with van der Waals surface area (Å²) in [5, 5.41) is 0. The van der Waals surface area contributed by atoms with Gasteiger partial charge in [0.15, 0.2) is 0 Å². The van der Waals surface area contributed by atoms with Crippen LogP contribution < -0.4 is 10.3 Å². The zero-order valence-electron chi connectivity index (χ0n) is 10.9. The maximum Gasteiger partial charge on any atom is 0.313 e. The number of aromatic nitrogens is 2. The Kier molecular flexibility index (Phi) is 4.68. The number of aryl methyl sites for hydroxylation is 2. The summed E-state index contributed by atoms with van der Waals surface area (Å²) in [4.78, 5) is 27.3. The average molecular weight is 337 g/mol. The maximum atomic E-state index is 11.7. The van der Waals surface area contributed by atoms with E-state index in [0.29, 0.717) is 5.75 Å². The zero-order valence-corrected chi connectivity index (χ0v) is 12.5. The molecule has 0 unspecified atom stereocenters. The molecule has 0 saturated heterocycles. The number of ether oxygens (including phenoxy) is 1. The van der Waals surface area contributed by atoms with E-state index < -0.39 is 5.97 Å². The Morgan fingerprint density at radius 2 is 2.15 bits per heavy atom. The van der Waals surface area contributed by atoms with Gasteiger partial charge >= 0.3 is 5.97 Å². The highest BCUT2D eigenvalue weighted by molar-refractivity contribution is 9.10. The first-order valence-electron chi connectivity index (χ1n) is 6.04. The Hall–Kier alpha value is -1.95. The second kappa shape index (κ2) is 6.47. The highest BCUT2D eigenvalue weighted by atomic mass is 79.9. The third kappa shape index (κ3) is 4.03. The van der Waals surface area contributed by atoms with Crippen molar-refractivity contribution in [3.8, 4) is 5.75 Å². The summed E-state index contributed by atoms with van der Waals surface area (Å²) in [5.74, 6) is 0.00437. The molecule has 0 aromatic carbocycles. The Labute approximate surface area is 124 Å². The number of nitrogens with zero attached hydrogens (tertiary/aromatic N) is 2. The van der Waals surface area contributed by atoms with Crippen molar-refractivity contribution in [3.63, 3.8) is 0 Å². The molecule has 0 bridgehead atoms. The third-order valence-electron chi connectivity index (χ3n) is 2.62. The van der Waals surface area contributed by atoms with Crippen LogP contribution in [0, 0.1) is 6.92 Å². The fraction of sp³-hybridized carbons (Fsp3) is 0.214. The van der Waals surface area contributed by atoms with Crippen LogP contribution in [0.4, 0.5) is 0 Å². The van der Waals surface area contributed by atoms with Crippen LogP contribution in [0.5, 0.6) is 5.75 Å². The molecule has 2 aromatic heterocycles. The summed E-state index contributed by atoms with van der Waals surface area (Å²) in [6, 6.07) is 6.56. The molecular formula is C14H13BrN2O3. The minimum atomic E-state index is -0.400. The number of hydrogen-bond donors (Lipinski definition) is 0. The van der Waals surface area contributed by atoms with E-state index in [2.05, 4.69) is 20.9 Å². The van der Waals surface area contributed by atoms with Crippen LogP contribution in [-0.2, 0) is 11.3 Å². The van der Waals surface area contributed by atoms with Crippen molar-refractivity contribution < 1.29 is 9.53 Å². The van der Waals surface area contributed by atoms with Crippen molar-refractivity contribution in [2.75, 3.05) is 0 Å². The topological polar surface area (TPSA) is 61.2 Å². The van der Waals surface area contributed by atoms with Gasteiger partial charge in [0.05, 0.1) is 12.6 Å². The van der Waals surface area contributed by atoms with Gasteiger partial charge in [-0.3, -0.25) is 14.6 Å². The Bertz CT molecular complexity index is 665. The Morgan fingerprint density at radius 3 is 2.85 bits per heavy atom. The van der Waals surface area contributed by atoms with Crippen molar-refractivity contribution in [3.05, 3.63) is 57.2 Å². The predicted octanol–water partition coefficient (Wildman–Crippen LogP) is 2.31. The number of halogens is 1. The van der Waals surface area contributed by atoms with Gasteiger partial charge < -0.3 is 9.30 Å². The molecule has 0 aliphatic rings. The lowest BCUT2D eigenvalue weighted by atomic mass is 10.3. The smallest absolute Gasteiger partial charge is 0.313 e. The first-order valence-corrected chi connectivity index (χ1v) is 6.83. The molecule has 0 radical (unpaired) electrons. The fourth-order valence-electron chi connectivity index (χ4n) is 1.59. The van der Waals surface area contributed by atoms with E-state index in [1.807, 2.05) is 6.92 Å². The molecule has 104 valence electrons. The first-order chi connectivity index (χ1) is 9.54. The molecule has 0 aliphatic heterocycles. The lowest BCUT2D eigenvalue weighted by molar-refractivity contribution is -0.134. The second-order valence-corrected chi connectivity index (χ2v) is 5.15. The monoisotopic (exact) mass is 336 g/mol. The highest BCUT2D eigenvalue weighted by Crippen LogP contribution is 2.10. The van der Waals surface area contributed by atoms with Crippen LogP contribution >= 0.6 is 15.9 Å². The molecule has 2 heterocycles. The molecule has 0 atom stereocenters. The van der Waals surface area contributed by atoms with Crippen LogP contribution in [0.1, 0.15) is 12.1 Å². The van der Waals surface area contributed by atoms with Crippen LogP contribution in [0.25, 0.3) is 0 Å². The van der Waals surface area contributed by atoms with Crippen LogP contribution in [0.2, 0.25) is 0 Å². The largest absolute Gasteiger partial charge is 0.425 e. The Balaban J connectivity index is 1.93. The van der Waals surface area contributed by atoms with E-state index >= 15 is 0 Å². The van der Waals surface area contributed by atoms with E-state index in [4.69, 9.17) is 4.74 Å². The van der Waals surface area contributed by atoms with E-state index in [0.717, 1.165) is 10.2 Å². The van der Waals surface area contributed by atoms with E-state index in [1.54, 1.807) is 24.4 Å². The van der Waals surface area contributed by atoms with Gasteiger partial charge in [-0.1, -0.05) is 0 Å². The van der Waals surface area contributed by atoms with Gasteiger partial charge in [0.2, 0.25) is 0 Å².